The van der Waals surface area contributed by atoms with Crippen molar-refractivity contribution < 1.29 is 31.3 Å². The summed E-state index contributed by atoms with van der Waals surface area (Å²) in [7, 11) is -3.01. The first kappa shape index (κ1) is 24.0. The summed E-state index contributed by atoms with van der Waals surface area (Å²) >= 11 is 0. The Morgan fingerprint density at radius 2 is 1.97 bits per heavy atom. The van der Waals surface area contributed by atoms with E-state index in [1.807, 2.05) is 13.8 Å². The molecule has 1 amide bonds. The number of rotatable bonds is 9. The summed E-state index contributed by atoms with van der Waals surface area (Å²) in [4.78, 5) is 14.1. The first-order chi connectivity index (χ1) is 15.2. The van der Waals surface area contributed by atoms with E-state index >= 15 is 0 Å². The van der Waals surface area contributed by atoms with E-state index in [9.17, 15) is 17.6 Å². The van der Waals surface area contributed by atoms with Crippen LogP contribution in [0.15, 0.2) is 47.4 Å². The highest BCUT2D eigenvalue weighted by molar-refractivity contribution is 7.87. The average Bonchev–Trinajstić information content (AvgIpc) is 3.27. The Hall–Kier alpha value is -2.65. The van der Waals surface area contributed by atoms with Gasteiger partial charge in [-0.2, -0.15) is 8.42 Å². The van der Waals surface area contributed by atoms with Gasteiger partial charge in [-0.15, -0.1) is 0 Å². The maximum Gasteiger partial charge on any atom is 0.339 e. The lowest BCUT2D eigenvalue weighted by Crippen LogP contribution is -2.39. The van der Waals surface area contributed by atoms with Gasteiger partial charge in [-0.1, -0.05) is 32.0 Å². The molecule has 0 bridgehead atoms. The van der Waals surface area contributed by atoms with Crippen LogP contribution in [0, 0.1) is 11.7 Å². The quantitative estimate of drug-likeness (QED) is 0.525. The molecule has 1 aliphatic heterocycles. The molecule has 0 N–H and O–H groups in total. The number of benzene rings is 2. The molecule has 1 atom stereocenters. The predicted molar refractivity (Wildman–Crippen MR) is 116 cm³/mol. The predicted octanol–water partition coefficient (Wildman–Crippen LogP) is 3.77. The van der Waals surface area contributed by atoms with Crippen LogP contribution in [0.25, 0.3) is 0 Å². The first-order valence-electron chi connectivity index (χ1n) is 10.5. The second-order valence-corrected chi connectivity index (χ2v) is 9.50. The molecule has 0 aliphatic carbocycles. The SMILES string of the molecule is COc1ccc(S(=O)(=O)Oc2ccccc2CN(CC2CCCO2)C(=O)C(C)C)cc1F. The van der Waals surface area contributed by atoms with E-state index in [0.29, 0.717) is 18.7 Å². The van der Waals surface area contributed by atoms with Crippen molar-refractivity contribution >= 4 is 16.0 Å². The van der Waals surface area contributed by atoms with Gasteiger partial charge in [0.15, 0.2) is 11.6 Å². The second kappa shape index (κ2) is 10.3. The molecule has 0 spiro atoms. The summed E-state index contributed by atoms with van der Waals surface area (Å²) < 4.78 is 55.5. The summed E-state index contributed by atoms with van der Waals surface area (Å²) in [6, 6.07) is 9.88. The molecule has 9 heteroatoms. The minimum Gasteiger partial charge on any atom is -0.494 e. The Kier molecular flexibility index (Phi) is 7.73. The van der Waals surface area contributed by atoms with Crippen LogP contribution in [0.1, 0.15) is 32.3 Å². The fourth-order valence-electron chi connectivity index (χ4n) is 3.52. The summed E-state index contributed by atoms with van der Waals surface area (Å²) in [6.07, 6.45) is 1.78. The Bertz CT molecular complexity index is 1050. The average molecular weight is 466 g/mol. The van der Waals surface area contributed by atoms with Crippen LogP contribution in [0.3, 0.4) is 0 Å². The van der Waals surface area contributed by atoms with Crippen molar-refractivity contribution in [1.29, 1.82) is 0 Å². The van der Waals surface area contributed by atoms with Crippen LogP contribution < -0.4 is 8.92 Å². The molecule has 32 heavy (non-hydrogen) atoms. The molecule has 0 radical (unpaired) electrons. The lowest BCUT2D eigenvalue weighted by molar-refractivity contribution is -0.136. The number of ether oxygens (including phenoxy) is 2. The fourth-order valence-corrected chi connectivity index (χ4v) is 4.50. The van der Waals surface area contributed by atoms with Crippen LogP contribution in [-0.2, 0) is 26.2 Å². The van der Waals surface area contributed by atoms with Crippen LogP contribution in [0.4, 0.5) is 4.39 Å². The molecule has 7 nitrogen and oxygen atoms in total. The normalized spacial score (nSPS) is 16.2. The van der Waals surface area contributed by atoms with E-state index in [1.54, 1.807) is 23.1 Å². The van der Waals surface area contributed by atoms with Crippen molar-refractivity contribution in [2.75, 3.05) is 20.3 Å². The van der Waals surface area contributed by atoms with Gasteiger partial charge < -0.3 is 18.6 Å². The lowest BCUT2D eigenvalue weighted by Gasteiger charge is -2.28. The van der Waals surface area contributed by atoms with E-state index in [2.05, 4.69) is 0 Å². The topological polar surface area (TPSA) is 82.1 Å². The molecule has 1 saturated heterocycles. The Balaban J connectivity index is 1.85. The fraction of sp³-hybridized carbons (Fsp3) is 0.435. The number of carbonyl (C=O) groups is 1. The lowest BCUT2D eigenvalue weighted by atomic mass is 10.1. The molecule has 1 fully saturated rings. The minimum atomic E-state index is -4.30. The third-order valence-electron chi connectivity index (χ3n) is 5.20. The van der Waals surface area contributed by atoms with Crippen molar-refractivity contribution in [1.82, 2.24) is 4.90 Å². The van der Waals surface area contributed by atoms with Gasteiger partial charge in [0.1, 0.15) is 10.6 Å². The van der Waals surface area contributed by atoms with Gasteiger partial charge in [0, 0.05) is 31.2 Å². The van der Waals surface area contributed by atoms with E-state index in [4.69, 9.17) is 13.7 Å². The number of methoxy groups -OCH3 is 1. The van der Waals surface area contributed by atoms with Crippen molar-refractivity contribution in [2.24, 2.45) is 5.92 Å². The van der Waals surface area contributed by atoms with Crippen molar-refractivity contribution in [3.05, 3.63) is 53.8 Å². The van der Waals surface area contributed by atoms with Crippen LogP contribution in [-0.4, -0.2) is 45.6 Å². The van der Waals surface area contributed by atoms with Crippen LogP contribution in [0.5, 0.6) is 11.5 Å². The van der Waals surface area contributed by atoms with Gasteiger partial charge in [0.2, 0.25) is 5.91 Å². The molecule has 1 heterocycles. The highest BCUT2D eigenvalue weighted by Crippen LogP contribution is 2.27. The molecular weight excluding hydrogens is 437 g/mol. The van der Waals surface area contributed by atoms with Gasteiger partial charge in [0.25, 0.3) is 0 Å². The minimum absolute atomic E-state index is 0.0446. The molecule has 2 aromatic carbocycles. The zero-order valence-electron chi connectivity index (χ0n) is 18.4. The van der Waals surface area contributed by atoms with Gasteiger partial charge in [-0.25, -0.2) is 4.39 Å². The smallest absolute Gasteiger partial charge is 0.339 e. The molecule has 1 aliphatic rings. The Labute approximate surface area is 188 Å². The van der Waals surface area contributed by atoms with E-state index < -0.39 is 15.9 Å². The highest BCUT2D eigenvalue weighted by Gasteiger charge is 2.26. The molecule has 3 rings (SSSR count). The summed E-state index contributed by atoms with van der Waals surface area (Å²) in [5.41, 5.74) is 0.525. The summed E-state index contributed by atoms with van der Waals surface area (Å²) in [6.45, 7) is 4.89. The second-order valence-electron chi connectivity index (χ2n) is 7.95. The third-order valence-corrected chi connectivity index (χ3v) is 6.43. The van der Waals surface area contributed by atoms with Crippen LogP contribution in [0.2, 0.25) is 0 Å². The van der Waals surface area contributed by atoms with Gasteiger partial charge >= 0.3 is 10.1 Å². The highest BCUT2D eigenvalue weighted by atomic mass is 32.2. The number of carbonyl (C=O) groups excluding carboxylic acids is 1. The van der Waals surface area contributed by atoms with E-state index in [-0.39, 0.29) is 40.9 Å². The van der Waals surface area contributed by atoms with Gasteiger partial charge in [-0.05, 0) is 37.1 Å². The standard InChI is InChI=1S/C23H28FNO6S/c1-16(2)23(26)25(15-18-8-6-12-30-18)14-17-7-4-5-9-21(17)31-32(27,28)19-10-11-22(29-3)20(24)13-19/h4-5,7,9-11,13,16,18H,6,8,12,14-15H2,1-3H3. The third kappa shape index (κ3) is 5.77. The number of hydrogen-bond acceptors (Lipinski definition) is 6. The van der Waals surface area contributed by atoms with E-state index in [1.165, 1.54) is 25.3 Å². The maximum atomic E-state index is 14.0. The monoisotopic (exact) mass is 465 g/mol. The van der Waals surface area contributed by atoms with Crippen molar-refractivity contribution in [2.45, 2.75) is 44.2 Å². The first-order valence-corrected chi connectivity index (χ1v) is 11.9. The molecule has 2 aromatic rings. The number of nitrogens with zero attached hydrogens (tertiary/aromatic N) is 1. The molecule has 1 unspecified atom stereocenters. The zero-order valence-corrected chi connectivity index (χ0v) is 19.2. The summed E-state index contributed by atoms with van der Waals surface area (Å²) in [5, 5.41) is 0. The van der Waals surface area contributed by atoms with Gasteiger partial charge in [-0.3, -0.25) is 4.79 Å². The number of amides is 1. The number of halogens is 1. The molecule has 174 valence electrons. The zero-order chi connectivity index (χ0) is 23.3. The Morgan fingerprint density at radius 3 is 2.59 bits per heavy atom. The number of hydrogen-bond donors (Lipinski definition) is 0. The molecular formula is C23H28FNO6S. The summed E-state index contributed by atoms with van der Waals surface area (Å²) in [5.74, 6) is -1.08. The van der Waals surface area contributed by atoms with E-state index in [0.717, 1.165) is 18.9 Å². The van der Waals surface area contributed by atoms with Crippen molar-refractivity contribution in [3.8, 4) is 11.5 Å². The molecule has 0 aromatic heterocycles. The Morgan fingerprint density at radius 1 is 1.22 bits per heavy atom. The largest absolute Gasteiger partial charge is 0.494 e. The number of para-hydroxylation sites is 1. The van der Waals surface area contributed by atoms with Gasteiger partial charge in [0.05, 0.1) is 13.2 Å². The maximum absolute atomic E-state index is 14.0. The van der Waals surface area contributed by atoms with Crippen LogP contribution >= 0.6 is 0 Å². The molecule has 0 saturated carbocycles. The van der Waals surface area contributed by atoms with Crippen molar-refractivity contribution in [3.63, 3.8) is 0 Å².